The van der Waals surface area contributed by atoms with E-state index in [1.807, 2.05) is 11.8 Å². The fraction of sp³-hybridized carbons (Fsp3) is 0.333. The average molecular weight is 351 g/mol. The standard InChI is InChI=1S/C24H30S/c1-4-6-7-9-13-20(3)24(12-5-2)21-16-18-23(19-17-21)25-22-14-10-8-11-15-22/h8,10-12,14-19H,3-7,9,13H2,1-2H3/b24-12+. The number of unbranched alkanes of at least 4 members (excludes halogenated alkanes) is 3. The average Bonchev–Trinajstić information content (AvgIpc) is 2.65. The smallest absolute Gasteiger partial charge is 0.0122 e. The minimum atomic E-state index is 1.05. The Morgan fingerprint density at radius 3 is 2.20 bits per heavy atom. The van der Waals surface area contributed by atoms with Crippen LogP contribution in [0.2, 0.25) is 0 Å². The summed E-state index contributed by atoms with van der Waals surface area (Å²) >= 11 is 1.81. The van der Waals surface area contributed by atoms with E-state index in [0.29, 0.717) is 0 Å². The van der Waals surface area contributed by atoms with E-state index in [-0.39, 0.29) is 0 Å². The SMILES string of the molecule is C=C(CCCCCC)/C(=C\CC)c1ccc(Sc2ccccc2)cc1. The second kappa shape index (κ2) is 11.0. The zero-order chi connectivity index (χ0) is 17.9. The van der Waals surface area contributed by atoms with Crippen molar-refractivity contribution in [3.63, 3.8) is 0 Å². The van der Waals surface area contributed by atoms with Gasteiger partial charge in [-0.2, -0.15) is 0 Å². The van der Waals surface area contributed by atoms with E-state index >= 15 is 0 Å². The molecule has 0 saturated carbocycles. The van der Waals surface area contributed by atoms with Crippen molar-refractivity contribution in [2.24, 2.45) is 0 Å². The van der Waals surface area contributed by atoms with Crippen LogP contribution in [0, 0.1) is 0 Å². The summed E-state index contributed by atoms with van der Waals surface area (Å²) in [5.74, 6) is 0. The predicted octanol–water partition coefficient (Wildman–Crippen LogP) is 8.16. The Balaban J connectivity index is 2.03. The minimum absolute atomic E-state index is 1.05. The highest BCUT2D eigenvalue weighted by Crippen LogP contribution is 2.31. The minimum Gasteiger partial charge on any atom is -0.0952 e. The summed E-state index contributed by atoms with van der Waals surface area (Å²) in [5.41, 5.74) is 3.90. The van der Waals surface area contributed by atoms with Crippen LogP contribution in [-0.2, 0) is 0 Å². The van der Waals surface area contributed by atoms with Gasteiger partial charge in [-0.05, 0) is 60.2 Å². The number of allylic oxidation sites excluding steroid dienone is 3. The molecule has 0 aromatic heterocycles. The molecule has 0 atom stereocenters. The molecule has 0 aliphatic heterocycles. The molecule has 0 spiro atoms. The normalized spacial score (nSPS) is 11.5. The molecule has 0 unspecified atom stereocenters. The predicted molar refractivity (Wildman–Crippen MR) is 113 cm³/mol. The second-order valence-electron chi connectivity index (χ2n) is 6.38. The van der Waals surface area contributed by atoms with Crippen LogP contribution in [0.3, 0.4) is 0 Å². The third kappa shape index (κ3) is 6.59. The van der Waals surface area contributed by atoms with Gasteiger partial charge >= 0.3 is 0 Å². The molecule has 0 aliphatic rings. The molecule has 0 saturated heterocycles. The van der Waals surface area contributed by atoms with E-state index in [1.54, 1.807) is 0 Å². The van der Waals surface area contributed by atoms with Crippen LogP contribution in [0.5, 0.6) is 0 Å². The first-order valence-electron chi connectivity index (χ1n) is 9.46. The third-order valence-electron chi connectivity index (χ3n) is 4.27. The summed E-state index contributed by atoms with van der Waals surface area (Å²) in [6, 6.07) is 19.5. The molecule has 0 fully saturated rings. The monoisotopic (exact) mass is 350 g/mol. The Bertz CT molecular complexity index is 665. The van der Waals surface area contributed by atoms with Crippen LogP contribution in [0.25, 0.3) is 5.57 Å². The van der Waals surface area contributed by atoms with Crippen LogP contribution in [0.15, 0.2) is 82.6 Å². The lowest BCUT2D eigenvalue weighted by molar-refractivity contribution is 0.669. The van der Waals surface area contributed by atoms with Gasteiger partial charge in [-0.15, -0.1) is 0 Å². The summed E-state index contributed by atoms with van der Waals surface area (Å²) in [7, 11) is 0. The molecule has 2 rings (SSSR count). The van der Waals surface area contributed by atoms with Gasteiger partial charge in [0, 0.05) is 9.79 Å². The van der Waals surface area contributed by atoms with Gasteiger partial charge in [-0.3, -0.25) is 0 Å². The molecule has 0 aliphatic carbocycles. The van der Waals surface area contributed by atoms with Crippen LogP contribution < -0.4 is 0 Å². The Hall–Kier alpha value is -1.73. The van der Waals surface area contributed by atoms with Gasteiger partial charge in [0.05, 0.1) is 0 Å². The zero-order valence-corrected chi connectivity index (χ0v) is 16.4. The van der Waals surface area contributed by atoms with Gasteiger partial charge in [0.25, 0.3) is 0 Å². The topological polar surface area (TPSA) is 0 Å². The first-order valence-corrected chi connectivity index (χ1v) is 10.3. The van der Waals surface area contributed by atoms with Crippen LogP contribution in [0.1, 0.15) is 57.9 Å². The zero-order valence-electron chi connectivity index (χ0n) is 15.6. The highest BCUT2D eigenvalue weighted by Gasteiger charge is 2.06. The van der Waals surface area contributed by atoms with Gasteiger partial charge < -0.3 is 0 Å². The van der Waals surface area contributed by atoms with Gasteiger partial charge in [-0.25, -0.2) is 0 Å². The summed E-state index contributed by atoms with van der Waals surface area (Å²) in [5, 5.41) is 0. The number of hydrogen-bond acceptors (Lipinski definition) is 1. The first-order chi connectivity index (χ1) is 12.2. The van der Waals surface area contributed by atoms with Crippen LogP contribution in [-0.4, -0.2) is 0 Å². The number of rotatable bonds is 10. The van der Waals surface area contributed by atoms with E-state index in [0.717, 1.165) is 12.8 Å². The molecule has 2 aromatic rings. The summed E-state index contributed by atoms with van der Waals surface area (Å²) in [6.45, 7) is 8.82. The molecule has 0 heterocycles. The highest BCUT2D eigenvalue weighted by atomic mass is 32.2. The number of hydrogen-bond donors (Lipinski definition) is 0. The Kier molecular flexibility index (Phi) is 8.62. The summed E-state index contributed by atoms with van der Waals surface area (Å²) < 4.78 is 0. The quantitative estimate of drug-likeness (QED) is 0.307. The maximum absolute atomic E-state index is 4.36. The van der Waals surface area contributed by atoms with E-state index in [2.05, 4.69) is 81.1 Å². The maximum atomic E-state index is 4.36. The van der Waals surface area contributed by atoms with Gasteiger partial charge in [0.1, 0.15) is 0 Å². The molecule has 0 bridgehead atoms. The van der Waals surface area contributed by atoms with Crippen LogP contribution in [0.4, 0.5) is 0 Å². The summed E-state index contributed by atoms with van der Waals surface area (Å²) in [4.78, 5) is 2.55. The Labute approximate surface area is 158 Å². The van der Waals surface area contributed by atoms with E-state index in [9.17, 15) is 0 Å². The van der Waals surface area contributed by atoms with Crippen molar-refractivity contribution in [1.29, 1.82) is 0 Å². The lowest BCUT2D eigenvalue weighted by Crippen LogP contribution is -1.91. The molecular formula is C24H30S. The fourth-order valence-electron chi connectivity index (χ4n) is 2.90. The molecule has 2 aromatic carbocycles. The van der Waals surface area contributed by atoms with Crippen molar-refractivity contribution >= 4 is 17.3 Å². The fourth-order valence-corrected chi connectivity index (χ4v) is 3.73. The molecule has 0 amide bonds. The third-order valence-corrected chi connectivity index (χ3v) is 5.28. The van der Waals surface area contributed by atoms with Crippen molar-refractivity contribution in [1.82, 2.24) is 0 Å². The van der Waals surface area contributed by atoms with Crippen molar-refractivity contribution in [2.45, 2.75) is 62.2 Å². The first kappa shape index (κ1) is 19.6. The molecule has 132 valence electrons. The van der Waals surface area contributed by atoms with Crippen molar-refractivity contribution in [3.05, 3.63) is 78.4 Å². The van der Waals surface area contributed by atoms with E-state index in [4.69, 9.17) is 0 Å². The molecule has 0 radical (unpaired) electrons. The van der Waals surface area contributed by atoms with Crippen molar-refractivity contribution in [3.8, 4) is 0 Å². The molecular weight excluding hydrogens is 320 g/mol. The lowest BCUT2D eigenvalue weighted by atomic mass is 9.94. The van der Waals surface area contributed by atoms with Gasteiger partial charge in [0.2, 0.25) is 0 Å². The van der Waals surface area contributed by atoms with Gasteiger partial charge in [-0.1, -0.05) is 87.9 Å². The molecule has 0 nitrogen and oxygen atoms in total. The number of benzene rings is 2. The summed E-state index contributed by atoms with van der Waals surface area (Å²) in [6.07, 6.45) is 9.63. The van der Waals surface area contributed by atoms with E-state index < -0.39 is 0 Å². The Morgan fingerprint density at radius 2 is 1.56 bits per heavy atom. The highest BCUT2D eigenvalue weighted by molar-refractivity contribution is 7.99. The van der Waals surface area contributed by atoms with Crippen molar-refractivity contribution < 1.29 is 0 Å². The van der Waals surface area contributed by atoms with Crippen molar-refractivity contribution in [2.75, 3.05) is 0 Å². The molecule has 0 N–H and O–H groups in total. The molecule has 25 heavy (non-hydrogen) atoms. The van der Waals surface area contributed by atoms with E-state index in [1.165, 1.54) is 52.2 Å². The second-order valence-corrected chi connectivity index (χ2v) is 7.53. The largest absolute Gasteiger partial charge is 0.0952 e. The van der Waals surface area contributed by atoms with Gasteiger partial charge in [0.15, 0.2) is 0 Å². The molecule has 1 heteroatoms. The maximum Gasteiger partial charge on any atom is 0.0122 e. The lowest BCUT2D eigenvalue weighted by Gasteiger charge is -2.12. The Morgan fingerprint density at radius 1 is 0.880 bits per heavy atom. The van der Waals surface area contributed by atoms with Crippen LogP contribution >= 0.6 is 11.8 Å².